The minimum atomic E-state index is -0.211. The number of nitrogens with zero attached hydrogens (tertiary/aromatic N) is 2. The minimum Gasteiger partial charge on any atom is -0.384 e. The van der Waals surface area contributed by atoms with Crippen molar-refractivity contribution >= 4 is 28.9 Å². The van der Waals surface area contributed by atoms with Crippen LogP contribution in [0.2, 0.25) is 5.02 Å². The van der Waals surface area contributed by atoms with Crippen LogP contribution in [0.4, 0.5) is 11.4 Å². The van der Waals surface area contributed by atoms with Crippen molar-refractivity contribution in [3.05, 3.63) is 53.3 Å². The quantitative estimate of drug-likeness (QED) is 0.763. The van der Waals surface area contributed by atoms with E-state index in [1.165, 1.54) is 0 Å². The fraction of sp³-hybridized carbons (Fsp3) is 0.294. The molecule has 23 heavy (non-hydrogen) atoms. The Balaban J connectivity index is 1.94. The molecule has 0 fully saturated rings. The first-order chi connectivity index (χ1) is 11.0. The molecule has 1 heterocycles. The Bertz CT molecular complexity index is 661. The summed E-state index contributed by atoms with van der Waals surface area (Å²) in [5, 5.41) is 6.67. The summed E-state index contributed by atoms with van der Waals surface area (Å²) in [4.78, 5) is 18.5. The van der Waals surface area contributed by atoms with E-state index < -0.39 is 0 Å². The van der Waals surface area contributed by atoms with Crippen LogP contribution in [0.3, 0.4) is 0 Å². The molecule has 0 saturated carbocycles. The van der Waals surface area contributed by atoms with Gasteiger partial charge in [-0.3, -0.25) is 9.78 Å². The number of rotatable bonds is 7. The van der Waals surface area contributed by atoms with Crippen molar-refractivity contribution in [3.63, 3.8) is 0 Å². The molecule has 0 aliphatic rings. The van der Waals surface area contributed by atoms with E-state index in [4.69, 9.17) is 11.6 Å². The van der Waals surface area contributed by atoms with Crippen molar-refractivity contribution in [1.82, 2.24) is 9.88 Å². The van der Waals surface area contributed by atoms with E-state index in [0.29, 0.717) is 16.3 Å². The highest BCUT2D eigenvalue weighted by Crippen LogP contribution is 2.16. The van der Waals surface area contributed by atoms with Crippen LogP contribution >= 0.6 is 11.6 Å². The second-order valence-electron chi connectivity index (χ2n) is 5.51. The summed E-state index contributed by atoms with van der Waals surface area (Å²) in [7, 11) is 4.09. The van der Waals surface area contributed by atoms with Gasteiger partial charge in [0, 0.05) is 29.6 Å². The number of pyridine rings is 1. The predicted molar refractivity (Wildman–Crippen MR) is 95.3 cm³/mol. The SMILES string of the molecule is CN(C)CCCNc1cncc(C(=O)Nc2cccc(Cl)c2)c1. The molecule has 0 aliphatic carbocycles. The largest absolute Gasteiger partial charge is 0.384 e. The number of amides is 1. The number of benzene rings is 1. The van der Waals surface area contributed by atoms with Crippen LogP contribution in [0.25, 0.3) is 0 Å². The van der Waals surface area contributed by atoms with Crippen LogP contribution in [0.15, 0.2) is 42.7 Å². The maximum Gasteiger partial charge on any atom is 0.257 e. The van der Waals surface area contributed by atoms with Gasteiger partial charge >= 0.3 is 0 Å². The summed E-state index contributed by atoms with van der Waals surface area (Å²) in [5.74, 6) is -0.211. The van der Waals surface area contributed by atoms with Gasteiger partial charge in [0.15, 0.2) is 0 Å². The lowest BCUT2D eigenvalue weighted by atomic mass is 10.2. The predicted octanol–water partition coefficient (Wildman–Crippen LogP) is 3.35. The van der Waals surface area contributed by atoms with Gasteiger partial charge < -0.3 is 15.5 Å². The number of nitrogens with one attached hydrogen (secondary N) is 2. The van der Waals surface area contributed by atoms with Crippen LogP contribution in [0.5, 0.6) is 0 Å². The summed E-state index contributed by atoms with van der Waals surface area (Å²) in [5.41, 5.74) is 2.00. The Kier molecular flexibility index (Phi) is 6.38. The summed E-state index contributed by atoms with van der Waals surface area (Å²) in [6.45, 7) is 1.84. The second kappa shape index (κ2) is 8.50. The van der Waals surface area contributed by atoms with Crippen molar-refractivity contribution in [2.24, 2.45) is 0 Å². The third-order valence-electron chi connectivity index (χ3n) is 3.19. The lowest BCUT2D eigenvalue weighted by Gasteiger charge is -2.11. The molecule has 0 unspecified atom stereocenters. The molecule has 2 aromatic rings. The van der Waals surface area contributed by atoms with Crippen LogP contribution in [-0.4, -0.2) is 43.0 Å². The van der Waals surface area contributed by atoms with Crippen molar-refractivity contribution in [1.29, 1.82) is 0 Å². The van der Waals surface area contributed by atoms with Crippen LogP contribution < -0.4 is 10.6 Å². The molecular weight excluding hydrogens is 312 g/mol. The highest BCUT2D eigenvalue weighted by molar-refractivity contribution is 6.30. The van der Waals surface area contributed by atoms with Gasteiger partial charge in [-0.1, -0.05) is 17.7 Å². The lowest BCUT2D eigenvalue weighted by Crippen LogP contribution is -2.17. The molecule has 1 amide bonds. The molecular formula is C17H21ClN4O. The van der Waals surface area contributed by atoms with Gasteiger partial charge in [-0.15, -0.1) is 0 Å². The van der Waals surface area contributed by atoms with E-state index >= 15 is 0 Å². The first kappa shape index (κ1) is 17.2. The molecule has 1 aromatic carbocycles. The van der Waals surface area contributed by atoms with Gasteiger partial charge in [0.05, 0.1) is 11.3 Å². The molecule has 0 radical (unpaired) electrons. The zero-order valence-electron chi connectivity index (χ0n) is 13.3. The number of hydrogen-bond donors (Lipinski definition) is 2. The zero-order valence-corrected chi connectivity index (χ0v) is 14.1. The fourth-order valence-corrected chi connectivity index (χ4v) is 2.25. The van der Waals surface area contributed by atoms with Crippen molar-refractivity contribution in [3.8, 4) is 0 Å². The van der Waals surface area contributed by atoms with E-state index in [-0.39, 0.29) is 5.91 Å². The maximum absolute atomic E-state index is 12.3. The molecule has 0 saturated heterocycles. The average Bonchev–Trinajstić information content (AvgIpc) is 2.52. The van der Waals surface area contributed by atoms with Gasteiger partial charge in [-0.2, -0.15) is 0 Å². The lowest BCUT2D eigenvalue weighted by molar-refractivity contribution is 0.102. The first-order valence-corrected chi connectivity index (χ1v) is 7.83. The molecule has 6 heteroatoms. The number of hydrogen-bond acceptors (Lipinski definition) is 4. The summed E-state index contributed by atoms with van der Waals surface area (Å²) >= 11 is 5.92. The van der Waals surface area contributed by atoms with Gasteiger partial charge in [-0.25, -0.2) is 0 Å². The Morgan fingerprint density at radius 1 is 1.22 bits per heavy atom. The molecule has 0 atom stereocenters. The van der Waals surface area contributed by atoms with E-state index in [2.05, 4.69) is 20.5 Å². The summed E-state index contributed by atoms with van der Waals surface area (Å²) in [6.07, 6.45) is 4.28. The standard InChI is InChI=1S/C17H21ClN4O/c1-22(2)8-4-7-20-16-9-13(11-19-12-16)17(23)21-15-6-3-5-14(18)10-15/h3,5-6,9-12,20H,4,7-8H2,1-2H3,(H,21,23). The number of anilines is 2. The Labute approximate surface area is 141 Å². The topological polar surface area (TPSA) is 57.3 Å². The highest BCUT2D eigenvalue weighted by atomic mass is 35.5. The molecule has 5 nitrogen and oxygen atoms in total. The molecule has 0 spiro atoms. The summed E-state index contributed by atoms with van der Waals surface area (Å²) in [6, 6.07) is 8.84. The molecule has 0 bridgehead atoms. The van der Waals surface area contributed by atoms with E-state index in [0.717, 1.165) is 25.2 Å². The van der Waals surface area contributed by atoms with Crippen LogP contribution in [-0.2, 0) is 0 Å². The van der Waals surface area contributed by atoms with Gasteiger partial charge in [0.25, 0.3) is 5.91 Å². The second-order valence-corrected chi connectivity index (χ2v) is 5.95. The van der Waals surface area contributed by atoms with Gasteiger partial charge in [-0.05, 0) is 51.3 Å². The van der Waals surface area contributed by atoms with Crippen LogP contribution in [0.1, 0.15) is 16.8 Å². The molecule has 0 aliphatic heterocycles. The van der Waals surface area contributed by atoms with Crippen molar-refractivity contribution < 1.29 is 4.79 Å². The number of carbonyl (C=O) groups is 1. The van der Waals surface area contributed by atoms with Gasteiger partial charge in [0.2, 0.25) is 0 Å². The minimum absolute atomic E-state index is 0.211. The Morgan fingerprint density at radius 2 is 2.04 bits per heavy atom. The van der Waals surface area contributed by atoms with Crippen LogP contribution in [0, 0.1) is 0 Å². The average molecular weight is 333 g/mol. The first-order valence-electron chi connectivity index (χ1n) is 7.45. The molecule has 1 aromatic heterocycles. The third kappa shape index (κ3) is 5.88. The highest BCUT2D eigenvalue weighted by Gasteiger charge is 2.08. The van der Waals surface area contributed by atoms with E-state index in [9.17, 15) is 4.79 Å². The Hall–Kier alpha value is -2.11. The summed E-state index contributed by atoms with van der Waals surface area (Å²) < 4.78 is 0. The monoisotopic (exact) mass is 332 g/mol. The maximum atomic E-state index is 12.3. The molecule has 2 N–H and O–H groups in total. The van der Waals surface area contributed by atoms with E-state index in [1.54, 1.807) is 42.7 Å². The third-order valence-corrected chi connectivity index (χ3v) is 3.43. The number of carbonyl (C=O) groups excluding carboxylic acids is 1. The van der Waals surface area contributed by atoms with Gasteiger partial charge in [0.1, 0.15) is 0 Å². The molecule has 2 rings (SSSR count). The van der Waals surface area contributed by atoms with Crippen molar-refractivity contribution in [2.45, 2.75) is 6.42 Å². The normalized spacial score (nSPS) is 10.6. The number of halogens is 1. The molecule has 122 valence electrons. The van der Waals surface area contributed by atoms with E-state index in [1.807, 2.05) is 14.1 Å². The smallest absolute Gasteiger partial charge is 0.257 e. The van der Waals surface area contributed by atoms with Crippen molar-refractivity contribution in [2.75, 3.05) is 37.8 Å². The fourth-order valence-electron chi connectivity index (χ4n) is 2.06. The zero-order chi connectivity index (χ0) is 16.7. The Morgan fingerprint density at radius 3 is 2.78 bits per heavy atom. The number of aromatic nitrogens is 1.